The van der Waals surface area contributed by atoms with Gasteiger partial charge in [-0.25, -0.2) is 9.59 Å². The molecule has 0 saturated heterocycles. The molecule has 0 aliphatic heterocycles. The molecule has 34 heavy (non-hydrogen) atoms. The van der Waals surface area contributed by atoms with Crippen LogP contribution >= 0.6 is 11.3 Å². The zero-order valence-electron chi connectivity index (χ0n) is 18.5. The number of carbonyl (C=O) groups is 2. The quantitative estimate of drug-likeness (QED) is 0.148. The van der Waals surface area contributed by atoms with Gasteiger partial charge in [0, 0.05) is 32.2 Å². The molecule has 0 saturated carbocycles. The highest BCUT2D eigenvalue weighted by molar-refractivity contribution is 7.24. The average Bonchev–Trinajstić information content (AvgIpc) is 2.86. The summed E-state index contributed by atoms with van der Waals surface area (Å²) in [6.07, 6.45) is 1.09. The van der Waals surface area contributed by atoms with Crippen molar-refractivity contribution >= 4 is 43.4 Å². The van der Waals surface area contributed by atoms with E-state index >= 15 is 0 Å². The van der Waals surface area contributed by atoms with Gasteiger partial charge in [0.2, 0.25) is 0 Å². The molecule has 0 aliphatic carbocycles. The van der Waals surface area contributed by atoms with Crippen LogP contribution in [0, 0.1) is 5.92 Å². The van der Waals surface area contributed by atoms with Gasteiger partial charge in [0.1, 0.15) is 11.5 Å². The van der Waals surface area contributed by atoms with Crippen molar-refractivity contribution < 1.29 is 23.8 Å². The number of rotatable bonds is 8. The van der Waals surface area contributed by atoms with Crippen LogP contribution in [0.3, 0.4) is 0 Å². The largest absolute Gasteiger partial charge is 0.493 e. The molecular formula is C27H22O6S. The Morgan fingerprint density at radius 1 is 0.941 bits per heavy atom. The summed E-state index contributed by atoms with van der Waals surface area (Å²) in [5.41, 5.74) is 0.246. The predicted molar refractivity (Wildman–Crippen MR) is 133 cm³/mol. The zero-order chi connectivity index (χ0) is 24.1. The van der Waals surface area contributed by atoms with Crippen LogP contribution in [0.4, 0.5) is 0 Å². The van der Waals surface area contributed by atoms with Gasteiger partial charge in [0.15, 0.2) is 5.43 Å². The Kier molecular flexibility index (Phi) is 7.04. The Balaban J connectivity index is 1.34. The topological polar surface area (TPSA) is 78.9 Å². The highest BCUT2D eigenvalue weighted by Crippen LogP contribution is 2.25. The molecule has 6 nitrogen and oxygen atoms in total. The lowest BCUT2D eigenvalue weighted by Crippen LogP contribution is -2.18. The number of benzene rings is 3. The maximum atomic E-state index is 12.8. The van der Waals surface area contributed by atoms with Crippen molar-refractivity contribution in [2.75, 3.05) is 13.2 Å². The van der Waals surface area contributed by atoms with Crippen molar-refractivity contribution in [2.45, 2.75) is 6.92 Å². The van der Waals surface area contributed by atoms with Crippen LogP contribution < -0.4 is 14.9 Å². The van der Waals surface area contributed by atoms with E-state index in [4.69, 9.17) is 14.2 Å². The number of carbonyl (C=O) groups excluding carboxylic acids is 2. The lowest BCUT2D eigenvalue weighted by molar-refractivity contribution is -0.128. The highest BCUT2D eigenvalue weighted by atomic mass is 32.1. The molecule has 0 N–H and O–H groups in total. The third-order valence-corrected chi connectivity index (χ3v) is 6.21. The fraction of sp³-hybridized carbons (Fsp3) is 0.148. The van der Waals surface area contributed by atoms with Crippen LogP contribution in [0.2, 0.25) is 0 Å². The van der Waals surface area contributed by atoms with Crippen molar-refractivity contribution in [2.24, 2.45) is 5.92 Å². The summed E-state index contributed by atoms with van der Waals surface area (Å²) in [6.45, 7) is 5.74. The fourth-order valence-electron chi connectivity index (χ4n) is 3.28. The maximum Gasteiger partial charge on any atom is 0.338 e. The zero-order valence-corrected chi connectivity index (χ0v) is 19.3. The van der Waals surface area contributed by atoms with E-state index in [2.05, 4.69) is 6.58 Å². The molecular weight excluding hydrogens is 452 g/mol. The first kappa shape index (κ1) is 23.2. The molecule has 3 aromatic carbocycles. The van der Waals surface area contributed by atoms with Crippen molar-refractivity contribution in [3.05, 3.63) is 95.2 Å². The van der Waals surface area contributed by atoms with Gasteiger partial charge in [-0.3, -0.25) is 4.79 Å². The lowest BCUT2D eigenvalue weighted by atomic mass is 10.1. The molecule has 0 fully saturated rings. The molecule has 1 aromatic heterocycles. The van der Waals surface area contributed by atoms with Crippen LogP contribution in [0.15, 0.2) is 84.2 Å². The molecule has 1 unspecified atom stereocenters. The molecule has 0 aliphatic rings. The van der Waals surface area contributed by atoms with E-state index in [1.54, 1.807) is 48.5 Å². The highest BCUT2D eigenvalue weighted by Gasteiger charge is 2.14. The number of hydrogen-bond acceptors (Lipinski definition) is 7. The van der Waals surface area contributed by atoms with Gasteiger partial charge in [-0.05, 0) is 54.6 Å². The van der Waals surface area contributed by atoms with Crippen molar-refractivity contribution in [3.8, 4) is 11.5 Å². The molecule has 4 rings (SSSR count). The van der Waals surface area contributed by atoms with E-state index in [0.717, 1.165) is 15.5 Å². The fourth-order valence-corrected chi connectivity index (χ4v) is 4.33. The standard InChI is InChI=1S/C27H22O6S/c1-3-25(28)33-20-11-9-19(10-12-20)31-15-17(2)16-32-27(30)18-8-13-24-22(14-18)26(29)21-6-4-5-7-23(21)34-24/h3-14,17H,1,15-16H2,2H3. The van der Waals surface area contributed by atoms with Gasteiger partial charge in [0.25, 0.3) is 0 Å². The summed E-state index contributed by atoms with van der Waals surface area (Å²) in [5.74, 6) is -0.0909. The van der Waals surface area contributed by atoms with Crippen molar-refractivity contribution in [3.63, 3.8) is 0 Å². The summed E-state index contributed by atoms with van der Waals surface area (Å²) in [7, 11) is 0. The van der Waals surface area contributed by atoms with Gasteiger partial charge >= 0.3 is 11.9 Å². The van der Waals surface area contributed by atoms with Gasteiger partial charge in [-0.15, -0.1) is 11.3 Å². The van der Waals surface area contributed by atoms with E-state index in [9.17, 15) is 14.4 Å². The summed E-state index contributed by atoms with van der Waals surface area (Å²) < 4.78 is 17.9. The van der Waals surface area contributed by atoms with E-state index in [0.29, 0.717) is 34.4 Å². The second-order valence-corrected chi connectivity index (χ2v) is 8.83. The van der Waals surface area contributed by atoms with Crippen LogP contribution in [-0.4, -0.2) is 25.2 Å². The number of hydrogen-bond donors (Lipinski definition) is 0. The molecule has 1 atom stereocenters. The third kappa shape index (κ3) is 5.32. The van der Waals surface area contributed by atoms with Gasteiger partial charge in [-0.1, -0.05) is 25.6 Å². The van der Waals surface area contributed by atoms with E-state index < -0.39 is 11.9 Å². The molecule has 0 bridgehead atoms. The number of esters is 2. The second-order valence-electron chi connectivity index (χ2n) is 7.75. The second kappa shape index (κ2) is 10.3. The first-order chi connectivity index (χ1) is 16.4. The minimum absolute atomic E-state index is 0.0658. The van der Waals surface area contributed by atoms with E-state index in [-0.39, 0.29) is 18.0 Å². The smallest absolute Gasteiger partial charge is 0.338 e. The lowest BCUT2D eigenvalue weighted by Gasteiger charge is -2.14. The minimum atomic E-state index is -0.532. The Labute approximate surface area is 200 Å². The first-order valence-electron chi connectivity index (χ1n) is 10.6. The molecule has 1 heterocycles. The van der Waals surface area contributed by atoms with Gasteiger partial charge in [-0.2, -0.15) is 0 Å². The molecule has 4 aromatic rings. The molecule has 172 valence electrons. The Morgan fingerprint density at radius 3 is 2.41 bits per heavy atom. The maximum absolute atomic E-state index is 12.8. The molecule has 7 heteroatoms. The monoisotopic (exact) mass is 474 g/mol. The van der Waals surface area contributed by atoms with E-state index in [1.165, 1.54) is 11.3 Å². The normalized spacial score (nSPS) is 11.7. The number of ether oxygens (including phenoxy) is 3. The summed E-state index contributed by atoms with van der Waals surface area (Å²) >= 11 is 1.52. The summed E-state index contributed by atoms with van der Waals surface area (Å²) in [6, 6.07) is 19.1. The van der Waals surface area contributed by atoms with Gasteiger partial charge < -0.3 is 14.2 Å². The minimum Gasteiger partial charge on any atom is -0.493 e. The number of fused-ring (bicyclic) bond motifs is 2. The Morgan fingerprint density at radius 2 is 1.65 bits per heavy atom. The molecule has 0 amide bonds. The van der Waals surface area contributed by atoms with Crippen LogP contribution in [0.25, 0.3) is 20.2 Å². The molecule has 0 radical (unpaired) electrons. The van der Waals surface area contributed by atoms with Crippen molar-refractivity contribution in [1.82, 2.24) is 0 Å². The predicted octanol–water partition coefficient (Wildman–Crippen LogP) is 5.38. The van der Waals surface area contributed by atoms with Crippen molar-refractivity contribution in [1.29, 1.82) is 0 Å². The summed E-state index contributed by atoms with van der Waals surface area (Å²) in [5, 5.41) is 1.15. The molecule has 0 spiro atoms. The van der Waals surface area contributed by atoms with Gasteiger partial charge in [0.05, 0.1) is 18.8 Å². The van der Waals surface area contributed by atoms with Crippen LogP contribution in [-0.2, 0) is 9.53 Å². The average molecular weight is 475 g/mol. The Bertz CT molecular complexity index is 1420. The Hall–Kier alpha value is -3.97. The summed E-state index contributed by atoms with van der Waals surface area (Å²) in [4.78, 5) is 36.6. The first-order valence-corrected chi connectivity index (χ1v) is 11.5. The van der Waals surface area contributed by atoms with E-state index in [1.807, 2.05) is 25.1 Å². The van der Waals surface area contributed by atoms with Crippen LogP contribution in [0.1, 0.15) is 17.3 Å². The third-order valence-electron chi connectivity index (χ3n) is 5.05. The van der Waals surface area contributed by atoms with Crippen LogP contribution in [0.5, 0.6) is 11.5 Å². The SMILES string of the molecule is C=CC(=O)Oc1ccc(OCC(C)COC(=O)c2ccc3sc4ccccc4c(=O)c3c2)cc1.